The molecule has 0 fully saturated rings. The average molecular weight is 264 g/mol. The molecule has 1 nitrogen and oxygen atoms in total. The average Bonchev–Trinajstić information content (AvgIpc) is 1.93. The molecule has 0 aromatic heterocycles. The second-order valence-electron chi connectivity index (χ2n) is 1.24. The molecule has 0 unspecified atom stereocenters. The topological polar surface area (TPSA) is 17.1 Å². The molecule has 0 bridgehead atoms. The van der Waals surface area contributed by atoms with Gasteiger partial charge in [-0.15, -0.1) is 0 Å². The Morgan fingerprint density at radius 3 is 0.917 bits per heavy atom. The fraction of sp³-hybridized carbons (Fsp3) is 0. The van der Waals surface area contributed by atoms with Crippen LogP contribution in [-0.2, 0) is 20.6 Å². The van der Waals surface area contributed by atoms with Crippen molar-refractivity contribution < 1.29 is 57.9 Å². The van der Waals surface area contributed by atoms with E-state index >= 15 is 0 Å². The first kappa shape index (κ1) is 22.8. The molecule has 0 heterocycles. The van der Waals surface area contributed by atoms with Gasteiger partial charge in [-0.3, -0.25) is 0 Å². The van der Waals surface area contributed by atoms with E-state index in [4.69, 9.17) is 4.79 Å². The van der Waals surface area contributed by atoms with Crippen LogP contribution in [0.1, 0.15) is 0 Å². The Kier molecular flexibility index (Phi) is 42.6. The maximum atomic E-state index is 8.62. The predicted molar refractivity (Wildman–Crippen MR) is 32.1 cm³/mol. The summed E-state index contributed by atoms with van der Waals surface area (Å²) < 4.78 is 1.38. The maximum absolute atomic E-state index is 8.62. The van der Waals surface area contributed by atoms with Crippen LogP contribution in [0.4, 0.5) is 0 Å². The zero-order valence-corrected chi connectivity index (χ0v) is 9.46. The Hall–Kier alpha value is 0.202. The first-order chi connectivity index (χ1) is 4.41. The van der Waals surface area contributed by atoms with E-state index in [-0.39, 0.29) is 37.2 Å². The van der Waals surface area contributed by atoms with Crippen LogP contribution in [0.15, 0.2) is 36.4 Å². The summed E-state index contributed by atoms with van der Waals surface area (Å²) in [4.78, 5) is 8.62. The zero-order valence-electron chi connectivity index (χ0n) is 5.91. The van der Waals surface area contributed by atoms with E-state index in [9.17, 15) is 0 Å². The van der Waals surface area contributed by atoms with Gasteiger partial charge in [0.1, 0.15) is 0 Å². The van der Waals surface area contributed by atoms with E-state index in [2.05, 4.69) is 0 Å². The predicted octanol–water partition coefficient (Wildman–Crippen LogP) is -7.70. The SMILES string of the molecule is O=[C]=[Cr+3].[Cl-].[Cl-].[Cl-].c1ccccc1. The van der Waals surface area contributed by atoms with Crippen molar-refractivity contribution in [3.8, 4) is 0 Å². The molecule has 1 aromatic rings. The summed E-state index contributed by atoms with van der Waals surface area (Å²) in [5, 5.41) is 0. The Balaban J connectivity index is -0.0000000489. The van der Waals surface area contributed by atoms with E-state index in [1.54, 1.807) is 0 Å². The van der Waals surface area contributed by atoms with E-state index in [1.807, 2.05) is 52.2 Å². The van der Waals surface area contributed by atoms with Crippen LogP contribution in [-0.4, -0.2) is 4.75 Å². The van der Waals surface area contributed by atoms with Crippen molar-refractivity contribution >= 4 is 4.75 Å². The first-order valence-electron chi connectivity index (χ1n) is 2.41. The van der Waals surface area contributed by atoms with E-state index in [1.165, 1.54) is 4.75 Å². The van der Waals surface area contributed by atoms with Gasteiger partial charge in [0.05, 0.1) is 0 Å². The number of carbonyl (C=O) groups excluding carboxylic acids is 1. The van der Waals surface area contributed by atoms with E-state index in [0.29, 0.717) is 0 Å². The van der Waals surface area contributed by atoms with Gasteiger partial charge in [-0.25, -0.2) is 0 Å². The number of rotatable bonds is 0. The minimum absolute atomic E-state index is 0. The summed E-state index contributed by atoms with van der Waals surface area (Å²) in [7, 11) is 0. The largest absolute Gasteiger partial charge is 1.00 e. The molecule has 12 heavy (non-hydrogen) atoms. The third kappa shape index (κ3) is 22.5. The quantitative estimate of drug-likeness (QED) is 0.455. The molecule has 0 aliphatic carbocycles. The van der Waals surface area contributed by atoms with E-state index < -0.39 is 0 Å². The summed E-state index contributed by atoms with van der Waals surface area (Å²) >= 11 is 2.00. The monoisotopic (exact) mass is 263 g/mol. The van der Waals surface area contributed by atoms with Crippen molar-refractivity contribution in [1.82, 2.24) is 0 Å². The van der Waals surface area contributed by atoms with Crippen LogP contribution in [0.2, 0.25) is 0 Å². The number of benzene rings is 1. The smallest absolute Gasteiger partial charge is 0.0623 e. The molecule has 0 amide bonds. The Bertz CT molecular complexity index is 149. The summed E-state index contributed by atoms with van der Waals surface area (Å²) in [6, 6.07) is 12.0. The molecule has 1 rings (SSSR count). The summed E-state index contributed by atoms with van der Waals surface area (Å²) in [6.45, 7) is 0. The number of halogens is 3. The molecule has 0 spiro atoms. The zero-order chi connectivity index (χ0) is 6.95. The molecule has 67 valence electrons. The summed E-state index contributed by atoms with van der Waals surface area (Å²) in [6.07, 6.45) is 0. The van der Waals surface area contributed by atoms with Gasteiger partial charge in [0, 0.05) is 0 Å². The van der Waals surface area contributed by atoms with Gasteiger partial charge < -0.3 is 37.2 Å². The standard InChI is InChI=1S/C6H6.CO.3ClH.Cr/c1-2-4-6-5-3-1;1-2;;;;/h1-6H;;3*1H;/q;;;;;+3/p-3. The second-order valence-corrected chi connectivity index (χ2v) is 1.50. The van der Waals surface area contributed by atoms with Crippen LogP contribution in [0.25, 0.3) is 0 Å². The fourth-order valence-corrected chi connectivity index (χ4v) is 0.385. The van der Waals surface area contributed by atoms with Crippen molar-refractivity contribution in [1.29, 1.82) is 0 Å². The van der Waals surface area contributed by atoms with Crippen LogP contribution in [0, 0.1) is 0 Å². The van der Waals surface area contributed by atoms with Gasteiger partial charge in [0.25, 0.3) is 0 Å². The van der Waals surface area contributed by atoms with Gasteiger partial charge >= 0.3 is 25.4 Å². The Labute approximate surface area is 98.7 Å². The second kappa shape index (κ2) is 22.5. The van der Waals surface area contributed by atoms with Gasteiger partial charge in [0.2, 0.25) is 0 Å². The van der Waals surface area contributed by atoms with Crippen molar-refractivity contribution in [3.63, 3.8) is 0 Å². The van der Waals surface area contributed by atoms with Gasteiger partial charge in [0.15, 0.2) is 0 Å². The summed E-state index contributed by atoms with van der Waals surface area (Å²) in [5.41, 5.74) is 0. The minimum atomic E-state index is 0. The third-order valence-electron chi connectivity index (χ3n) is 0.667. The molecule has 0 aliphatic heterocycles. The van der Waals surface area contributed by atoms with Crippen molar-refractivity contribution in [2.45, 2.75) is 0 Å². The summed E-state index contributed by atoms with van der Waals surface area (Å²) in [5.74, 6) is 0. The van der Waals surface area contributed by atoms with Crippen molar-refractivity contribution in [2.75, 3.05) is 0 Å². The maximum Gasteiger partial charge on any atom is -0.0623 e. The normalized spacial score (nSPS) is 4.83. The third-order valence-corrected chi connectivity index (χ3v) is 0.667. The van der Waals surface area contributed by atoms with Gasteiger partial charge in [-0.05, 0) is 0 Å². The molecule has 0 saturated carbocycles. The van der Waals surface area contributed by atoms with Crippen LogP contribution in [0.3, 0.4) is 0 Å². The Morgan fingerprint density at radius 2 is 0.833 bits per heavy atom. The molecular formula is C7H6Cl3CrO. The molecular weight excluding hydrogens is 258 g/mol. The van der Waals surface area contributed by atoms with Crippen LogP contribution < -0.4 is 37.2 Å². The van der Waals surface area contributed by atoms with Crippen molar-refractivity contribution in [2.24, 2.45) is 0 Å². The van der Waals surface area contributed by atoms with Crippen LogP contribution >= 0.6 is 0 Å². The van der Waals surface area contributed by atoms with Gasteiger partial charge in [-0.1, -0.05) is 36.4 Å². The molecule has 0 radical (unpaired) electrons. The first-order valence-corrected chi connectivity index (χ1v) is 3.05. The fourth-order valence-electron chi connectivity index (χ4n) is 0.385. The molecule has 5 heteroatoms. The number of hydrogen-bond acceptors (Lipinski definition) is 1. The number of hydrogen-bond donors (Lipinski definition) is 0. The molecule has 0 atom stereocenters. The Morgan fingerprint density at radius 1 is 0.750 bits per heavy atom. The molecule has 0 saturated heterocycles. The molecule has 0 N–H and O–H groups in total. The molecule has 0 aliphatic rings. The minimum Gasteiger partial charge on any atom is -1.00 e. The van der Waals surface area contributed by atoms with E-state index in [0.717, 1.165) is 0 Å². The molecule has 1 aromatic carbocycles. The van der Waals surface area contributed by atoms with Gasteiger partial charge in [-0.2, -0.15) is 0 Å². The van der Waals surface area contributed by atoms with Crippen molar-refractivity contribution in [3.05, 3.63) is 36.4 Å². The van der Waals surface area contributed by atoms with Crippen LogP contribution in [0.5, 0.6) is 0 Å².